The summed E-state index contributed by atoms with van der Waals surface area (Å²) in [7, 11) is 0. The summed E-state index contributed by atoms with van der Waals surface area (Å²) in [4.78, 5) is 14.6. The quantitative estimate of drug-likeness (QED) is 0.902. The Morgan fingerprint density at radius 2 is 2.33 bits per heavy atom. The van der Waals surface area contributed by atoms with Gasteiger partial charge in [-0.05, 0) is 34.1 Å². The molecule has 2 aromatic rings. The number of hydrogen-bond donors (Lipinski definition) is 2. The summed E-state index contributed by atoms with van der Waals surface area (Å²) in [5.41, 5.74) is 1.20. The molecule has 0 saturated heterocycles. The van der Waals surface area contributed by atoms with E-state index in [9.17, 15) is 9.18 Å². The number of thiazole rings is 1. The predicted molar refractivity (Wildman–Crippen MR) is 70.5 cm³/mol. The fourth-order valence-electron chi connectivity index (χ4n) is 1.31. The van der Waals surface area contributed by atoms with E-state index in [1.807, 2.05) is 0 Å². The SMILES string of the molecule is O=C(O)c1nc(CNc2cc(F)ccc2Br)cs1. The number of nitrogens with one attached hydrogen (secondary N) is 1. The van der Waals surface area contributed by atoms with Crippen LogP contribution in [0.4, 0.5) is 10.1 Å². The predicted octanol–water partition coefficient (Wildman–Crippen LogP) is 3.36. The Labute approximate surface area is 115 Å². The van der Waals surface area contributed by atoms with Gasteiger partial charge in [-0.2, -0.15) is 0 Å². The Morgan fingerprint density at radius 1 is 1.56 bits per heavy atom. The Hall–Kier alpha value is -1.47. The van der Waals surface area contributed by atoms with Gasteiger partial charge < -0.3 is 10.4 Å². The average molecular weight is 331 g/mol. The molecule has 0 unspecified atom stereocenters. The standard InChI is InChI=1S/C11H8BrFN2O2S/c12-8-2-1-6(13)3-9(8)14-4-7-5-18-10(15-7)11(16)17/h1-3,5,14H,4H2,(H,16,17). The summed E-state index contributed by atoms with van der Waals surface area (Å²) in [5, 5.41) is 13.4. The third kappa shape index (κ3) is 3.05. The molecule has 0 bridgehead atoms. The van der Waals surface area contributed by atoms with Crippen LogP contribution in [-0.2, 0) is 6.54 Å². The first-order valence-electron chi connectivity index (χ1n) is 4.93. The third-order valence-electron chi connectivity index (χ3n) is 2.12. The van der Waals surface area contributed by atoms with Crippen molar-refractivity contribution in [2.45, 2.75) is 6.54 Å². The van der Waals surface area contributed by atoms with E-state index in [1.54, 1.807) is 11.4 Å². The van der Waals surface area contributed by atoms with Gasteiger partial charge in [-0.15, -0.1) is 11.3 Å². The molecule has 0 aliphatic rings. The van der Waals surface area contributed by atoms with Crippen molar-refractivity contribution < 1.29 is 14.3 Å². The van der Waals surface area contributed by atoms with Gasteiger partial charge in [-0.1, -0.05) is 0 Å². The number of aromatic carboxylic acids is 1. The maximum Gasteiger partial charge on any atom is 0.365 e. The Kier molecular flexibility index (Phi) is 3.93. The number of benzene rings is 1. The zero-order chi connectivity index (χ0) is 13.1. The van der Waals surface area contributed by atoms with E-state index < -0.39 is 5.97 Å². The molecule has 0 aliphatic carbocycles. The van der Waals surface area contributed by atoms with E-state index in [-0.39, 0.29) is 10.8 Å². The summed E-state index contributed by atoms with van der Waals surface area (Å²) in [6.45, 7) is 0.339. The molecular formula is C11H8BrFN2O2S. The van der Waals surface area contributed by atoms with E-state index in [2.05, 4.69) is 26.2 Å². The molecule has 2 rings (SSSR count). The molecule has 0 radical (unpaired) electrons. The van der Waals surface area contributed by atoms with Gasteiger partial charge in [0.2, 0.25) is 5.01 Å². The first kappa shape index (κ1) is 13.0. The smallest absolute Gasteiger partial charge is 0.365 e. The van der Waals surface area contributed by atoms with Crippen LogP contribution in [0.5, 0.6) is 0 Å². The number of rotatable bonds is 4. The summed E-state index contributed by atoms with van der Waals surface area (Å²) in [6, 6.07) is 4.30. The minimum absolute atomic E-state index is 0.0464. The van der Waals surface area contributed by atoms with Crippen LogP contribution >= 0.6 is 27.3 Å². The number of hydrogen-bond acceptors (Lipinski definition) is 4. The van der Waals surface area contributed by atoms with Crippen molar-refractivity contribution in [3.05, 3.63) is 44.6 Å². The van der Waals surface area contributed by atoms with E-state index in [0.717, 1.165) is 15.8 Å². The maximum absolute atomic E-state index is 13.0. The first-order chi connectivity index (χ1) is 8.56. The van der Waals surface area contributed by atoms with Gasteiger partial charge in [0.05, 0.1) is 17.9 Å². The van der Waals surface area contributed by atoms with E-state index in [1.165, 1.54) is 12.1 Å². The number of halogens is 2. The van der Waals surface area contributed by atoms with Crippen LogP contribution in [0.1, 0.15) is 15.5 Å². The second-order valence-corrected chi connectivity index (χ2v) is 5.14. The number of carboxylic acids is 1. The van der Waals surface area contributed by atoms with Crippen molar-refractivity contribution >= 4 is 38.9 Å². The minimum Gasteiger partial charge on any atom is -0.476 e. The van der Waals surface area contributed by atoms with E-state index >= 15 is 0 Å². The summed E-state index contributed by atoms with van der Waals surface area (Å²) in [6.07, 6.45) is 0. The Morgan fingerprint density at radius 3 is 3.00 bits per heavy atom. The highest BCUT2D eigenvalue weighted by atomic mass is 79.9. The van der Waals surface area contributed by atoms with Crippen LogP contribution in [0.3, 0.4) is 0 Å². The largest absolute Gasteiger partial charge is 0.476 e. The van der Waals surface area contributed by atoms with Crippen LogP contribution in [-0.4, -0.2) is 16.1 Å². The zero-order valence-corrected chi connectivity index (χ0v) is 11.4. The highest BCUT2D eigenvalue weighted by Gasteiger charge is 2.09. The van der Waals surface area contributed by atoms with Crippen molar-refractivity contribution in [3.8, 4) is 0 Å². The summed E-state index contributed by atoms with van der Waals surface area (Å²) in [5.74, 6) is -1.39. The lowest BCUT2D eigenvalue weighted by atomic mass is 10.3. The highest BCUT2D eigenvalue weighted by Crippen LogP contribution is 2.23. The lowest BCUT2D eigenvalue weighted by Crippen LogP contribution is -2.02. The van der Waals surface area contributed by atoms with Gasteiger partial charge in [0, 0.05) is 9.85 Å². The fraction of sp³-hybridized carbons (Fsp3) is 0.0909. The Bertz CT molecular complexity index is 588. The molecule has 7 heteroatoms. The van der Waals surface area contributed by atoms with Crippen LogP contribution in [0.2, 0.25) is 0 Å². The topological polar surface area (TPSA) is 62.2 Å². The molecule has 0 saturated carbocycles. The van der Waals surface area contributed by atoms with E-state index in [4.69, 9.17) is 5.11 Å². The number of carboxylic acid groups (broad SMARTS) is 1. The average Bonchev–Trinajstić information content (AvgIpc) is 2.79. The molecule has 4 nitrogen and oxygen atoms in total. The van der Waals surface area contributed by atoms with E-state index in [0.29, 0.717) is 17.9 Å². The molecule has 0 amide bonds. The van der Waals surface area contributed by atoms with Gasteiger partial charge in [0.15, 0.2) is 0 Å². The molecule has 1 heterocycles. The van der Waals surface area contributed by atoms with Gasteiger partial charge in [0.1, 0.15) is 5.82 Å². The lowest BCUT2D eigenvalue weighted by Gasteiger charge is -2.06. The van der Waals surface area contributed by atoms with Gasteiger partial charge >= 0.3 is 5.97 Å². The van der Waals surface area contributed by atoms with Crippen LogP contribution in [0, 0.1) is 5.82 Å². The number of carbonyl (C=O) groups is 1. The monoisotopic (exact) mass is 330 g/mol. The molecule has 2 N–H and O–H groups in total. The molecule has 1 aromatic carbocycles. The summed E-state index contributed by atoms with van der Waals surface area (Å²) < 4.78 is 13.8. The molecule has 0 atom stereocenters. The summed E-state index contributed by atoms with van der Waals surface area (Å²) >= 11 is 4.36. The van der Waals surface area contributed by atoms with Crippen LogP contribution in [0.15, 0.2) is 28.1 Å². The van der Waals surface area contributed by atoms with Crippen molar-refractivity contribution in [3.63, 3.8) is 0 Å². The molecule has 0 spiro atoms. The number of nitrogens with zero attached hydrogens (tertiary/aromatic N) is 1. The third-order valence-corrected chi connectivity index (χ3v) is 3.69. The second-order valence-electron chi connectivity index (χ2n) is 3.43. The Balaban J connectivity index is 2.06. The van der Waals surface area contributed by atoms with Crippen LogP contribution < -0.4 is 5.32 Å². The molecule has 0 fully saturated rings. The van der Waals surface area contributed by atoms with Crippen molar-refractivity contribution in [1.82, 2.24) is 4.98 Å². The number of aromatic nitrogens is 1. The van der Waals surface area contributed by atoms with Crippen molar-refractivity contribution in [2.75, 3.05) is 5.32 Å². The van der Waals surface area contributed by atoms with Crippen molar-refractivity contribution in [2.24, 2.45) is 0 Å². The fourth-order valence-corrected chi connectivity index (χ4v) is 2.35. The molecule has 0 aliphatic heterocycles. The lowest BCUT2D eigenvalue weighted by molar-refractivity contribution is 0.0696. The molecule has 1 aromatic heterocycles. The maximum atomic E-state index is 13.0. The molecule has 18 heavy (non-hydrogen) atoms. The van der Waals surface area contributed by atoms with Gasteiger partial charge in [0.25, 0.3) is 0 Å². The van der Waals surface area contributed by atoms with Gasteiger partial charge in [-0.3, -0.25) is 0 Å². The van der Waals surface area contributed by atoms with Crippen LogP contribution in [0.25, 0.3) is 0 Å². The normalized spacial score (nSPS) is 10.3. The second kappa shape index (κ2) is 5.45. The molecule has 94 valence electrons. The van der Waals surface area contributed by atoms with Gasteiger partial charge in [-0.25, -0.2) is 14.2 Å². The number of anilines is 1. The highest BCUT2D eigenvalue weighted by molar-refractivity contribution is 9.10. The van der Waals surface area contributed by atoms with Crippen molar-refractivity contribution in [1.29, 1.82) is 0 Å². The first-order valence-corrected chi connectivity index (χ1v) is 6.60. The zero-order valence-electron chi connectivity index (χ0n) is 8.98. The minimum atomic E-state index is -1.04. The molecular weight excluding hydrogens is 323 g/mol.